The Kier molecular flexibility index (Phi) is 14.9. The minimum Gasteiger partial charge on any atom is -0.469 e. The van der Waals surface area contributed by atoms with E-state index in [1.807, 2.05) is 0 Å². The summed E-state index contributed by atoms with van der Waals surface area (Å²) in [6, 6.07) is 0. The van der Waals surface area contributed by atoms with Crippen LogP contribution in [0, 0.1) is 5.92 Å². The maximum absolute atomic E-state index is 11.0. The number of aliphatic hydroxyl groups excluding tert-OH is 1. The Morgan fingerprint density at radius 3 is 1.64 bits per heavy atom. The maximum atomic E-state index is 11.0. The summed E-state index contributed by atoms with van der Waals surface area (Å²) < 4.78 is 4.54. The first-order valence-electron chi connectivity index (χ1n) is 9.31. The van der Waals surface area contributed by atoms with E-state index in [1.165, 1.54) is 64.9 Å². The highest BCUT2D eigenvalue weighted by Crippen LogP contribution is 2.14. The van der Waals surface area contributed by atoms with Crippen molar-refractivity contribution < 1.29 is 14.6 Å². The molecule has 1 N–H and O–H groups in total. The SMILES string of the molecule is COC(=O)CC(O)CCCCCCCCCCCCC(C)C. The molecule has 22 heavy (non-hydrogen) atoms. The van der Waals surface area contributed by atoms with Crippen molar-refractivity contribution in [1.29, 1.82) is 0 Å². The fraction of sp³-hybridized carbons (Fsp3) is 0.947. The molecule has 3 heteroatoms. The number of methoxy groups -OCH3 is 1. The standard InChI is InChI=1S/C19H38O3/c1-17(2)14-12-10-8-6-4-5-7-9-11-13-15-18(20)16-19(21)22-3/h17-18,20H,4-16H2,1-3H3. The van der Waals surface area contributed by atoms with Crippen LogP contribution in [-0.4, -0.2) is 24.3 Å². The van der Waals surface area contributed by atoms with Crippen molar-refractivity contribution in [1.82, 2.24) is 0 Å². The molecule has 0 rings (SSSR count). The number of unbranched alkanes of at least 4 members (excludes halogenated alkanes) is 9. The number of carbonyl (C=O) groups is 1. The van der Waals surface area contributed by atoms with Gasteiger partial charge in [0.25, 0.3) is 0 Å². The van der Waals surface area contributed by atoms with Crippen LogP contribution in [-0.2, 0) is 9.53 Å². The van der Waals surface area contributed by atoms with Gasteiger partial charge in [-0.25, -0.2) is 0 Å². The molecule has 0 amide bonds. The number of hydrogen-bond donors (Lipinski definition) is 1. The highest BCUT2D eigenvalue weighted by atomic mass is 16.5. The van der Waals surface area contributed by atoms with Crippen LogP contribution in [0.15, 0.2) is 0 Å². The minimum atomic E-state index is -0.529. The zero-order valence-electron chi connectivity index (χ0n) is 15.1. The molecule has 0 saturated heterocycles. The second kappa shape index (κ2) is 15.3. The third-order valence-electron chi connectivity index (χ3n) is 4.20. The summed E-state index contributed by atoms with van der Waals surface area (Å²) in [5.74, 6) is 0.534. The number of rotatable bonds is 15. The number of hydrogen-bond acceptors (Lipinski definition) is 3. The second-order valence-corrected chi connectivity index (χ2v) is 6.94. The molecule has 0 aromatic carbocycles. The van der Waals surface area contributed by atoms with E-state index >= 15 is 0 Å². The van der Waals surface area contributed by atoms with E-state index in [2.05, 4.69) is 18.6 Å². The lowest BCUT2D eigenvalue weighted by molar-refractivity contribution is -0.142. The lowest BCUT2D eigenvalue weighted by Crippen LogP contribution is -2.14. The molecule has 1 unspecified atom stereocenters. The van der Waals surface area contributed by atoms with Crippen molar-refractivity contribution in [2.45, 2.75) is 103 Å². The second-order valence-electron chi connectivity index (χ2n) is 6.94. The lowest BCUT2D eigenvalue weighted by atomic mass is 10.0. The Morgan fingerprint density at radius 1 is 0.818 bits per heavy atom. The lowest BCUT2D eigenvalue weighted by Gasteiger charge is -2.08. The van der Waals surface area contributed by atoms with E-state index in [-0.39, 0.29) is 12.4 Å². The van der Waals surface area contributed by atoms with E-state index in [0.717, 1.165) is 18.8 Å². The molecule has 0 aliphatic rings. The van der Waals surface area contributed by atoms with E-state index in [9.17, 15) is 9.90 Å². The molecule has 0 aliphatic carbocycles. The largest absolute Gasteiger partial charge is 0.469 e. The smallest absolute Gasteiger partial charge is 0.308 e. The van der Waals surface area contributed by atoms with Crippen molar-refractivity contribution >= 4 is 5.97 Å². The van der Waals surface area contributed by atoms with Crippen LogP contribution in [0.3, 0.4) is 0 Å². The summed E-state index contributed by atoms with van der Waals surface area (Å²) in [4.78, 5) is 11.0. The van der Waals surface area contributed by atoms with Gasteiger partial charge in [0.1, 0.15) is 0 Å². The van der Waals surface area contributed by atoms with Gasteiger partial charge in [-0.1, -0.05) is 84.5 Å². The monoisotopic (exact) mass is 314 g/mol. The van der Waals surface area contributed by atoms with E-state index < -0.39 is 6.10 Å². The van der Waals surface area contributed by atoms with Gasteiger partial charge in [-0.2, -0.15) is 0 Å². The highest BCUT2D eigenvalue weighted by Gasteiger charge is 2.10. The summed E-state index contributed by atoms with van der Waals surface area (Å²) in [5, 5.41) is 9.63. The molecular weight excluding hydrogens is 276 g/mol. The van der Waals surface area contributed by atoms with Crippen LogP contribution >= 0.6 is 0 Å². The number of aliphatic hydroxyl groups is 1. The van der Waals surface area contributed by atoms with Gasteiger partial charge in [-0.05, 0) is 12.3 Å². The van der Waals surface area contributed by atoms with Gasteiger partial charge in [-0.3, -0.25) is 4.79 Å². The van der Waals surface area contributed by atoms with Gasteiger partial charge >= 0.3 is 5.97 Å². The number of ether oxygens (including phenoxy) is 1. The molecule has 0 spiro atoms. The first-order valence-corrected chi connectivity index (χ1v) is 9.31. The van der Waals surface area contributed by atoms with Crippen LogP contribution in [0.5, 0.6) is 0 Å². The predicted octanol–water partition coefficient (Wildman–Crippen LogP) is 5.25. The van der Waals surface area contributed by atoms with Gasteiger partial charge < -0.3 is 9.84 Å². The van der Waals surface area contributed by atoms with Crippen LogP contribution in [0.2, 0.25) is 0 Å². The Bertz CT molecular complexity index is 251. The zero-order chi connectivity index (χ0) is 16.6. The summed E-state index contributed by atoms with van der Waals surface area (Å²) in [7, 11) is 1.36. The van der Waals surface area contributed by atoms with Crippen LogP contribution in [0.4, 0.5) is 0 Å². The predicted molar refractivity (Wildman–Crippen MR) is 92.9 cm³/mol. The summed E-state index contributed by atoms with van der Waals surface area (Å²) in [5.41, 5.74) is 0. The zero-order valence-corrected chi connectivity index (χ0v) is 15.1. The molecule has 0 heterocycles. The third-order valence-corrected chi connectivity index (χ3v) is 4.20. The van der Waals surface area contributed by atoms with E-state index in [4.69, 9.17) is 0 Å². The molecule has 132 valence electrons. The topological polar surface area (TPSA) is 46.5 Å². The first kappa shape index (κ1) is 21.4. The quantitative estimate of drug-likeness (QED) is 0.332. The summed E-state index contributed by atoms with van der Waals surface area (Å²) >= 11 is 0. The van der Waals surface area contributed by atoms with Crippen molar-refractivity contribution in [2.24, 2.45) is 5.92 Å². The minimum absolute atomic E-state index is 0.132. The van der Waals surface area contributed by atoms with E-state index in [0.29, 0.717) is 6.42 Å². The van der Waals surface area contributed by atoms with Crippen molar-refractivity contribution in [3.8, 4) is 0 Å². The van der Waals surface area contributed by atoms with Gasteiger partial charge in [0.05, 0.1) is 19.6 Å². The molecule has 1 atom stereocenters. The summed E-state index contributed by atoms with van der Waals surface area (Å²) in [6.07, 6.45) is 14.7. The average Bonchev–Trinajstić information content (AvgIpc) is 2.47. The normalized spacial score (nSPS) is 12.6. The van der Waals surface area contributed by atoms with Crippen LogP contribution < -0.4 is 0 Å². The van der Waals surface area contributed by atoms with Crippen molar-refractivity contribution in [2.75, 3.05) is 7.11 Å². The van der Waals surface area contributed by atoms with Crippen LogP contribution in [0.25, 0.3) is 0 Å². The molecule has 0 aromatic heterocycles. The highest BCUT2D eigenvalue weighted by molar-refractivity contribution is 5.69. The van der Waals surface area contributed by atoms with Crippen molar-refractivity contribution in [3.05, 3.63) is 0 Å². The maximum Gasteiger partial charge on any atom is 0.308 e. The van der Waals surface area contributed by atoms with Gasteiger partial charge in [0, 0.05) is 0 Å². The fourth-order valence-electron chi connectivity index (χ4n) is 2.72. The van der Waals surface area contributed by atoms with E-state index in [1.54, 1.807) is 0 Å². The van der Waals surface area contributed by atoms with Gasteiger partial charge in [0.2, 0.25) is 0 Å². The molecule has 0 aromatic rings. The number of carbonyl (C=O) groups excluding carboxylic acids is 1. The first-order chi connectivity index (χ1) is 10.6. The fourth-order valence-corrected chi connectivity index (χ4v) is 2.72. The molecule has 0 aliphatic heterocycles. The summed E-state index contributed by atoms with van der Waals surface area (Å²) in [6.45, 7) is 4.60. The van der Waals surface area contributed by atoms with Gasteiger partial charge in [-0.15, -0.1) is 0 Å². The Hall–Kier alpha value is -0.570. The molecule has 0 radical (unpaired) electrons. The molecular formula is C19H38O3. The Morgan fingerprint density at radius 2 is 1.23 bits per heavy atom. The van der Waals surface area contributed by atoms with Crippen molar-refractivity contribution in [3.63, 3.8) is 0 Å². The van der Waals surface area contributed by atoms with Crippen LogP contribution in [0.1, 0.15) is 97.3 Å². The number of esters is 1. The average molecular weight is 315 g/mol. The third kappa shape index (κ3) is 15.8. The van der Waals surface area contributed by atoms with Gasteiger partial charge in [0.15, 0.2) is 0 Å². The molecule has 3 nitrogen and oxygen atoms in total. The molecule has 0 saturated carbocycles. The molecule has 0 fully saturated rings. The molecule has 0 bridgehead atoms. The Labute approximate surface area is 137 Å². The Balaban J connectivity index is 3.16.